The van der Waals surface area contributed by atoms with Gasteiger partial charge in [-0.3, -0.25) is 9.59 Å². The van der Waals surface area contributed by atoms with Crippen LogP contribution in [-0.4, -0.2) is 24.6 Å². The molecule has 2 aliphatic rings. The van der Waals surface area contributed by atoms with Crippen molar-refractivity contribution >= 4 is 17.6 Å². The van der Waals surface area contributed by atoms with Gasteiger partial charge in [-0.15, -0.1) is 0 Å². The molecule has 1 aliphatic carbocycles. The molecule has 2 fully saturated rings. The normalized spacial score (nSPS) is 20.6. The summed E-state index contributed by atoms with van der Waals surface area (Å²) >= 11 is 0. The molecule has 1 saturated carbocycles. The first kappa shape index (κ1) is 15.0. The first-order chi connectivity index (χ1) is 10.7. The Balaban J connectivity index is 1.48. The van der Waals surface area contributed by atoms with Gasteiger partial charge in [0.1, 0.15) is 5.75 Å². The van der Waals surface area contributed by atoms with Crippen molar-refractivity contribution in [3.8, 4) is 5.75 Å². The molecule has 0 aromatic heterocycles. The number of amides is 1. The minimum atomic E-state index is -0.263. The van der Waals surface area contributed by atoms with Gasteiger partial charge in [0, 0.05) is 30.7 Å². The smallest absolute Gasteiger partial charge is 0.311 e. The highest BCUT2D eigenvalue weighted by Gasteiger charge is 2.29. The van der Waals surface area contributed by atoms with E-state index in [9.17, 15) is 9.59 Å². The number of rotatable bonds is 6. The Kier molecular flexibility index (Phi) is 4.73. The van der Waals surface area contributed by atoms with Gasteiger partial charge in [0.05, 0.1) is 6.10 Å². The zero-order valence-corrected chi connectivity index (χ0v) is 12.5. The molecule has 0 radical (unpaired) electrons. The van der Waals surface area contributed by atoms with Crippen LogP contribution in [0.5, 0.6) is 5.75 Å². The van der Waals surface area contributed by atoms with E-state index in [4.69, 9.17) is 9.47 Å². The minimum absolute atomic E-state index is 0.0434. The molecule has 1 saturated heterocycles. The predicted molar refractivity (Wildman–Crippen MR) is 81.6 cm³/mol. The zero-order chi connectivity index (χ0) is 15.4. The molecule has 0 bridgehead atoms. The molecule has 3 rings (SSSR count). The molecule has 118 valence electrons. The predicted octanol–water partition coefficient (Wildman–Crippen LogP) is 2.90. The fourth-order valence-electron chi connectivity index (χ4n) is 2.56. The fraction of sp³-hybridized carbons (Fsp3) is 0.529. The summed E-state index contributed by atoms with van der Waals surface area (Å²) in [5, 5.41) is 2.84. The van der Waals surface area contributed by atoms with Crippen LogP contribution in [0.3, 0.4) is 0 Å². The van der Waals surface area contributed by atoms with E-state index in [0.29, 0.717) is 24.3 Å². The second-order valence-corrected chi connectivity index (χ2v) is 5.94. The first-order valence-corrected chi connectivity index (χ1v) is 7.94. The van der Waals surface area contributed by atoms with Crippen molar-refractivity contribution in [3.63, 3.8) is 0 Å². The topological polar surface area (TPSA) is 64.6 Å². The van der Waals surface area contributed by atoms with Crippen LogP contribution >= 0.6 is 0 Å². The van der Waals surface area contributed by atoms with E-state index in [1.807, 2.05) is 0 Å². The molecule has 1 heterocycles. The van der Waals surface area contributed by atoms with Crippen molar-refractivity contribution < 1.29 is 19.1 Å². The lowest BCUT2D eigenvalue weighted by atomic mass is 10.1. The molecule has 1 aliphatic heterocycles. The summed E-state index contributed by atoms with van der Waals surface area (Å²) in [6.45, 7) is 0.794. The van der Waals surface area contributed by atoms with Gasteiger partial charge in [-0.1, -0.05) is 6.07 Å². The van der Waals surface area contributed by atoms with Gasteiger partial charge in [0.2, 0.25) is 5.91 Å². The lowest BCUT2D eigenvalue weighted by Gasteiger charge is -2.10. The Hall–Kier alpha value is -1.88. The van der Waals surface area contributed by atoms with Crippen molar-refractivity contribution in [2.75, 3.05) is 11.9 Å². The molecule has 1 amide bonds. The Morgan fingerprint density at radius 1 is 1.27 bits per heavy atom. The first-order valence-electron chi connectivity index (χ1n) is 7.94. The van der Waals surface area contributed by atoms with Crippen molar-refractivity contribution in [3.05, 3.63) is 24.3 Å². The summed E-state index contributed by atoms with van der Waals surface area (Å²) in [4.78, 5) is 23.6. The van der Waals surface area contributed by atoms with Crippen LogP contribution in [0.25, 0.3) is 0 Å². The third kappa shape index (κ3) is 4.31. The van der Waals surface area contributed by atoms with E-state index < -0.39 is 0 Å². The number of carbonyl (C=O) groups excluding carboxylic acids is 2. The van der Waals surface area contributed by atoms with E-state index in [2.05, 4.69) is 5.32 Å². The second kappa shape index (κ2) is 6.92. The Morgan fingerprint density at radius 3 is 2.86 bits per heavy atom. The van der Waals surface area contributed by atoms with E-state index >= 15 is 0 Å². The Morgan fingerprint density at radius 2 is 2.14 bits per heavy atom. The average molecular weight is 303 g/mol. The molecular weight excluding hydrogens is 282 g/mol. The third-order valence-corrected chi connectivity index (χ3v) is 3.98. The monoisotopic (exact) mass is 303 g/mol. The number of hydrogen-bond acceptors (Lipinski definition) is 4. The quantitative estimate of drug-likeness (QED) is 0.648. The van der Waals surface area contributed by atoms with Crippen LogP contribution in [0.2, 0.25) is 0 Å². The van der Waals surface area contributed by atoms with Crippen molar-refractivity contribution in [1.82, 2.24) is 0 Å². The largest absolute Gasteiger partial charge is 0.426 e. The maximum atomic E-state index is 11.9. The van der Waals surface area contributed by atoms with E-state index in [-0.39, 0.29) is 23.9 Å². The number of nitrogens with one attached hydrogen (secondary N) is 1. The van der Waals surface area contributed by atoms with E-state index in [1.54, 1.807) is 24.3 Å². The van der Waals surface area contributed by atoms with Gasteiger partial charge >= 0.3 is 5.97 Å². The lowest BCUT2D eigenvalue weighted by Crippen LogP contribution is -2.14. The van der Waals surface area contributed by atoms with Crippen LogP contribution in [0.4, 0.5) is 5.69 Å². The van der Waals surface area contributed by atoms with Crippen LogP contribution in [-0.2, 0) is 14.3 Å². The highest BCUT2D eigenvalue weighted by atomic mass is 16.5. The highest BCUT2D eigenvalue weighted by Crippen LogP contribution is 2.30. The van der Waals surface area contributed by atoms with Gasteiger partial charge in [0.15, 0.2) is 0 Å². The molecule has 5 nitrogen and oxygen atoms in total. The molecule has 1 atom stereocenters. The fourth-order valence-corrected chi connectivity index (χ4v) is 2.56. The number of benzene rings is 1. The molecule has 1 aromatic carbocycles. The molecule has 22 heavy (non-hydrogen) atoms. The maximum absolute atomic E-state index is 11.9. The summed E-state index contributed by atoms with van der Waals surface area (Å²) < 4.78 is 10.8. The summed E-state index contributed by atoms with van der Waals surface area (Å²) in [6, 6.07) is 6.97. The summed E-state index contributed by atoms with van der Waals surface area (Å²) in [5.74, 6) is 0.395. The van der Waals surface area contributed by atoms with Gasteiger partial charge < -0.3 is 14.8 Å². The second-order valence-electron chi connectivity index (χ2n) is 5.94. The zero-order valence-electron chi connectivity index (χ0n) is 12.5. The minimum Gasteiger partial charge on any atom is -0.426 e. The molecule has 0 spiro atoms. The molecule has 1 aromatic rings. The van der Waals surface area contributed by atoms with Crippen molar-refractivity contribution in [2.45, 2.75) is 44.6 Å². The van der Waals surface area contributed by atoms with Gasteiger partial charge in [-0.25, -0.2) is 0 Å². The molecule has 1 unspecified atom stereocenters. The third-order valence-electron chi connectivity index (χ3n) is 3.98. The Bertz CT molecular complexity index is 547. The van der Waals surface area contributed by atoms with Gasteiger partial charge in [-0.2, -0.15) is 0 Å². The Labute approximate surface area is 130 Å². The van der Waals surface area contributed by atoms with Crippen LogP contribution in [0, 0.1) is 5.92 Å². The van der Waals surface area contributed by atoms with Crippen LogP contribution in [0.1, 0.15) is 38.5 Å². The van der Waals surface area contributed by atoms with Crippen LogP contribution < -0.4 is 10.1 Å². The summed E-state index contributed by atoms with van der Waals surface area (Å²) in [5.41, 5.74) is 0.668. The van der Waals surface area contributed by atoms with E-state index in [0.717, 1.165) is 32.3 Å². The standard InChI is InChI=1S/C17H21NO4/c19-16(9-8-14-5-2-10-21-14)22-15-4-1-3-13(11-15)18-17(20)12-6-7-12/h1,3-4,11-12,14H,2,5-10H2,(H,18,20). The number of ether oxygens (including phenoxy) is 2. The number of anilines is 1. The molecule has 1 N–H and O–H groups in total. The van der Waals surface area contributed by atoms with Gasteiger partial charge in [-0.05, 0) is 44.2 Å². The van der Waals surface area contributed by atoms with E-state index in [1.165, 1.54) is 0 Å². The number of hydrogen-bond donors (Lipinski definition) is 1. The average Bonchev–Trinajstić information content (AvgIpc) is 3.23. The summed E-state index contributed by atoms with van der Waals surface area (Å²) in [7, 11) is 0. The summed E-state index contributed by atoms with van der Waals surface area (Å²) in [6.07, 6.45) is 5.27. The van der Waals surface area contributed by atoms with Gasteiger partial charge in [0.25, 0.3) is 0 Å². The molecule has 5 heteroatoms. The maximum Gasteiger partial charge on any atom is 0.311 e. The number of esters is 1. The number of carbonyl (C=O) groups is 2. The molecular formula is C17H21NO4. The van der Waals surface area contributed by atoms with Crippen LogP contribution in [0.15, 0.2) is 24.3 Å². The SMILES string of the molecule is O=C(CCC1CCCO1)Oc1cccc(NC(=O)C2CC2)c1. The van der Waals surface area contributed by atoms with Crippen molar-refractivity contribution in [2.24, 2.45) is 5.92 Å². The van der Waals surface area contributed by atoms with Crippen molar-refractivity contribution in [1.29, 1.82) is 0 Å². The lowest BCUT2D eigenvalue weighted by molar-refractivity contribution is -0.135. The highest BCUT2D eigenvalue weighted by molar-refractivity contribution is 5.94.